The topological polar surface area (TPSA) is 78.1 Å². The highest BCUT2D eigenvalue weighted by atomic mass is 19.1. The Hall–Kier alpha value is -3.48. The van der Waals surface area contributed by atoms with Crippen LogP contribution in [0.25, 0.3) is 0 Å². The molecule has 2 N–H and O–H groups in total. The molecule has 1 aromatic heterocycles. The molecule has 0 saturated carbocycles. The lowest BCUT2D eigenvalue weighted by atomic mass is 9.96. The van der Waals surface area contributed by atoms with E-state index in [1.807, 2.05) is 17.9 Å². The summed E-state index contributed by atoms with van der Waals surface area (Å²) in [5, 5.41) is 2.79. The number of amides is 2. The molecular formula is C23H23FN4O2. The van der Waals surface area contributed by atoms with Gasteiger partial charge in [-0.25, -0.2) is 9.37 Å². The van der Waals surface area contributed by atoms with Crippen LogP contribution < -0.4 is 5.32 Å². The molecule has 4 rings (SSSR count). The van der Waals surface area contributed by atoms with Gasteiger partial charge in [0.1, 0.15) is 11.6 Å². The molecule has 6 nitrogen and oxygen atoms in total. The largest absolute Gasteiger partial charge is 0.348 e. The van der Waals surface area contributed by atoms with Crippen LogP contribution in [0.3, 0.4) is 0 Å². The number of aryl methyl sites for hydroxylation is 1. The number of anilines is 1. The summed E-state index contributed by atoms with van der Waals surface area (Å²) in [5.41, 5.74) is 2.09. The fourth-order valence-electron chi connectivity index (χ4n) is 3.78. The van der Waals surface area contributed by atoms with Crippen molar-refractivity contribution < 1.29 is 14.0 Å². The number of H-pyrrole nitrogens is 1. The summed E-state index contributed by atoms with van der Waals surface area (Å²) in [6.45, 7) is 3.14. The Morgan fingerprint density at radius 2 is 2.07 bits per heavy atom. The molecule has 154 valence electrons. The second-order valence-corrected chi connectivity index (χ2v) is 7.56. The van der Waals surface area contributed by atoms with Gasteiger partial charge in [-0.15, -0.1) is 0 Å². The maximum Gasteiger partial charge on any atom is 0.255 e. The van der Waals surface area contributed by atoms with Crippen molar-refractivity contribution in [3.8, 4) is 0 Å². The second-order valence-electron chi connectivity index (χ2n) is 7.56. The monoisotopic (exact) mass is 406 g/mol. The lowest BCUT2D eigenvalue weighted by Crippen LogP contribution is -2.39. The fourth-order valence-corrected chi connectivity index (χ4v) is 3.78. The summed E-state index contributed by atoms with van der Waals surface area (Å²) < 4.78 is 13.4. The van der Waals surface area contributed by atoms with E-state index in [4.69, 9.17) is 0 Å². The van der Waals surface area contributed by atoms with E-state index in [1.54, 1.807) is 30.6 Å². The van der Waals surface area contributed by atoms with E-state index in [9.17, 15) is 14.0 Å². The van der Waals surface area contributed by atoms with Crippen molar-refractivity contribution in [2.24, 2.45) is 0 Å². The third-order valence-electron chi connectivity index (χ3n) is 5.43. The average Bonchev–Trinajstić information content (AvgIpc) is 3.30. The number of benzene rings is 2. The first-order valence-electron chi connectivity index (χ1n) is 9.97. The Kier molecular flexibility index (Phi) is 5.61. The maximum atomic E-state index is 13.4. The van der Waals surface area contributed by atoms with Crippen LogP contribution in [-0.2, 0) is 0 Å². The van der Waals surface area contributed by atoms with Gasteiger partial charge < -0.3 is 15.2 Å². The Morgan fingerprint density at radius 3 is 2.83 bits per heavy atom. The van der Waals surface area contributed by atoms with Gasteiger partial charge in [-0.3, -0.25) is 9.59 Å². The highest BCUT2D eigenvalue weighted by Crippen LogP contribution is 2.26. The van der Waals surface area contributed by atoms with Crippen LogP contribution in [0.1, 0.15) is 50.9 Å². The zero-order valence-corrected chi connectivity index (χ0v) is 16.7. The quantitative estimate of drug-likeness (QED) is 0.684. The Bertz CT molecular complexity index is 1060. The number of halogens is 1. The summed E-state index contributed by atoms with van der Waals surface area (Å²) >= 11 is 0. The predicted octanol–water partition coefficient (Wildman–Crippen LogP) is 4.13. The predicted molar refractivity (Wildman–Crippen MR) is 112 cm³/mol. The van der Waals surface area contributed by atoms with E-state index in [0.717, 1.165) is 24.2 Å². The maximum absolute atomic E-state index is 13.4. The molecule has 0 radical (unpaired) electrons. The second kappa shape index (κ2) is 8.49. The number of imidazole rings is 1. The van der Waals surface area contributed by atoms with Gasteiger partial charge in [0, 0.05) is 48.2 Å². The van der Waals surface area contributed by atoms with Crippen LogP contribution >= 0.6 is 0 Å². The molecule has 0 bridgehead atoms. The highest BCUT2D eigenvalue weighted by molar-refractivity contribution is 6.05. The molecule has 2 amide bonds. The van der Waals surface area contributed by atoms with E-state index < -0.39 is 11.7 Å². The van der Waals surface area contributed by atoms with Crippen LogP contribution in [0.15, 0.2) is 54.9 Å². The fraction of sp³-hybridized carbons (Fsp3) is 0.261. The molecule has 1 aliphatic rings. The van der Waals surface area contributed by atoms with Gasteiger partial charge in [-0.2, -0.15) is 0 Å². The molecular weight excluding hydrogens is 383 g/mol. The molecule has 1 aliphatic heterocycles. The molecule has 7 heteroatoms. The number of aromatic nitrogens is 2. The van der Waals surface area contributed by atoms with Crippen LogP contribution in [0, 0.1) is 12.7 Å². The van der Waals surface area contributed by atoms with E-state index >= 15 is 0 Å². The smallest absolute Gasteiger partial charge is 0.255 e. The van der Waals surface area contributed by atoms with Crippen molar-refractivity contribution in [2.75, 3.05) is 18.4 Å². The van der Waals surface area contributed by atoms with Crippen LogP contribution in [-0.4, -0.2) is 39.8 Å². The van der Waals surface area contributed by atoms with Crippen molar-refractivity contribution in [3.05, 3.63) is 83.2 Å². The van der Waals surface area contributed by atoms with Crippen molar-refractivity contribution in [3.63, 3.8) is 0 Å². The average molecular weight is 406 g/mol. The number of hydrogen-bond acceptors (Lipinski definition) is 3. The highest BCUT2D eigenvalue weighted by Gasteiger charge is 2.27. The minimum atomic E-state index is -0.473. The summed E-state index contributed by atoms with van der Waals surface area (Å²) in [6.07, 6.45) is 5.42. The molecule has 1 fully saturated rings. The van der Waals surface area contributed by atoms with Gasteiger partial charge in [0.2, 0.25) is 0 Å². The molecule has 3 aromatic rings. The first-order chi connectivity index (χ1) is 14.5. The number of nitrogens with one attached hydrogen (secondary N) is 2. The first kappa shape index (κ1) is 19.8. The number of piperidine rings is 1. The Labute approximate surface area is 174 Å². The standard InChI is InChI=1S/C23H23FN4O2/c1-15-7-8-17(13-20(15)27-22(29)16-4-2-6-19(24)12-16)23(30)28-11-3-5-18(14-28)21-25-9-10-26-21/h2,4,6-10,12-13,18H,3,5,11,14H2,1H3,(H,25,26)(H,27,29). The van der Waals surface area contributed by atoms with Crippen molar-refractivity contribution in [1.82, 2.24) is 14.9 Å². The number of likely N-dealkylation sites (tertiary alicyclic amines) is 1. The third-order valence-corrected chi connectivity index (χ3v) is 5.43. The summed E-state index contributed by atoms with van der Waals surface area (Å²) in [7, 11) is 0. The number of carbonyl (C=O) groups is 2. The van der Waals surface area contributed by atoms with Gasteiger partial charge >= 0.3 is 0 Å². The number of carbonyl (C=O) groups excluding carboxylic acids is 2. The summed E-state index contributed by atoms with van der Waals surface area (Å²) in [6, 6.07) is 10.8. The number of aromatic amines is 1. The SMILES string of the molecule is Cc1ccc(C(=O)N2CCCC(c3ncc[nH]3)C2)cc1NC(=O)c1cccc(F)c1. The van der Waals surface area contributed by atoms with Gasteiger partial charge in [0.25, 0.3) is 11.8 Å². The lowest BCUT2D eigenvalue weighted by Gasteiger charge is -2.32. The van der Waals surface area contributed by atoms with Crippen LogP contribution in [0.2, 0.25) is 0 Å². The van der Waals surface area contributed by atoms with E-state index in [-0.39, 0.29) is 17.4 Å². The normalized spacial score (nSPS) is 16.3. The van der Waals surface area contributed by atoms with Gasteiger partial charge in [0.15, 0.2) is 0 Å². The molecule has 1 unspecified atom stereocenters. The molecule has 0 spiro atoms. The van der Waals surface area contributed by atoms with Crippen molar-refractivity contribution >= 4 is 17.5 Å². The van der Waals surface area contributed by atoms with E-state index in [0.29, 0.717) is 24.3 Å². The van der Waals surface area contributed by atoms with Crippen molar-refractivity contribution in [1.29, 1.82) is 0 Å². The summed E-state index contributed by atoms with van der Waals surface area (Å²) in [4.78, 5) is 34.9. The van der Waals surface area contributed by atoms with Gasteiger partial charge in [0.05, 0.1) is 0 Å². The third kappa shape index (κ3) is 4.25. The lowest BCUT2D eigenvalue weighted by molar-refractivity contribution is 0.0704. The van der Waals surface area contributed by atoms with E-state index in [1.165, 1.54) is 18.2 Å². The van der Waals surface area contributed by atoms with Crippen LogP contribution in [0.4, 0.5) is 10.1 Å². The number of rotatable bonds is 4. The first-order valence-corrected chi connectivity index (χ1v) is 9.97. The zero-order valence-electron chi connectivity index (χ0n) is 16.7. The van der Waals surface area contributed by atoms with E-state index in [2.05, 4.69) is 15.3 Å². The minimum Gasteiger partial charge on any atom is -0.348 e. The van der Waals surface area contributed by atoms with Crippen molar-refractivity contribution in [2.45, 2.75) is 25.7 Å². The molecule has 2 heterocycles. The molecule has 0 aliphatic carbocycles. The number of hydrogen-bond donors (Lipinski definition) is 2. The molecule has 1 atom stereocenters. The zero-order chi connectivity index (χ0) is 21.1. The molecule has 2 aromatic carbocycles. The Morgan fingerprint density at radius 1 is 1.20 bits per heavy atom. The molecule has 30 heavy (non-hydrogen) atoms. The number of nitrogens with zero attached hydrogens (tertiary/aromatic N) is 2. The van der Waals surface area contributed by atoms with Gasteiger partial charge in [-0.05, 0) is 55.7 Å². The Balaban J connectivity index is 1.51. The van der Waals surface area contributed by atoms with Gasteiger partial charge in [-0.1, -0.05) is 12.1 Å². The van der Waals surface area contributed by atoms with Crippen LogP contribution in [0.5, 0.6) is 0 Å². The summed E-state index contributed by atoms with van der Waals surface area (Å²) in [5.74, 6) is 0.125. The molecule has 1 saturated heterocycles. The minimum absolute atomic E-state index is 0.0764.